The molecule has 1 aliphatic heterocycles. The highest BCUT2D eigenvalue weighted by molar-refractivity contribution is 8.27. The van der Waals surface area contributed by atoms with Crippen LogP contribution in [0.3, 0.4) is 0 Å². The summed E-state index contributed by atoms with van der Waals surface area (Å²) in [5.41, 5.74) is 2.79. The van der Waals surface area contributed by atoms with Gasteiger partial charge >= 0.3 is 0 Å². The van der Waals surface area contributed by atoms with Crippen LogP contribution in [0.2, 0.25) is 0 Å². The average molecular weight is 341 g/mol. The molecule has 1 fully saturated rings. The molecule has 0 bridgehead atoms. The summed E-state index contributed by atoms with van der Waals surface area (Å²) in [6.07, 6.45) is 5.18. The molecule has 4 nitrogen and oxygen atoms in total. The van der Waals surface area contributed by atoms with E-state index in [0.717, 1.165) is 11.3 Å². The quantitative estimate of drug-likeness (QED) is 0.630. The Balaban J connectivity index is 1.87. The summed E-state index contributed by atoms with van der Waals surface area (Å²) in [4.78, 5) is 20.8. The Kier molecular flexibility index (Phi) is 4.45. The van der Waals surface area contributed by atoms with Crippen LogP contribution in [0.5, 0.6) is 0 Å². The van der Waals surface area contributed by atoms with Crippen molar-refractivity contribution in [2.24, 2.45) is 0 Å². The molecule has 23 heavy (non-hydrogen) atoms. The van der Waals surface area contributed by atoms with Crippen molar-refractivity contribution in [3.05, 3.63) is 59.3 Å². The Labute approximate surface area is 144 Å². The highest BCUT2D eigenvalue weighted by Gasteiger charge is 2.33. The molecule has 1 aromatic carbocycles. The van der Waals surface area contributed by atoms with Gasteiger partial charge in [-0.15, -0.1) is 0 Å². The minimum Gasteiger partial charge on any atom is -0.378 e. The topological polar surface area (TPSA) is 36.4 Å². The monoisotopic (exact) mass is 341 g/mol. The number of anilines is 2. The minimum atomic E-state index is -0.107. The van der Waals surface area contributed by atoms with Gasteiger partial charge in [0.25, 0.3) is 5.91 Å². The molecule has 116 valence electrons. The zero-order valence-corrected chi connectivity index (χ0v) is 14.4. The number of nitrogens with zero attached hydrogens (tertiary/aromatic N) is 3. The van der Waals surface area contributed by atoms with Gasteiger partial charge in [-0.05, 0) is 35.9 Å². The molecule has 1 amide bonds. The van der Waals surface area contributed by atoms with Gasteiger partial charge in [0.15, 0.2) is 4.32 Å². The minimum absolute atomic E-state index is 0.107. The van der Waals surface area contributed by atoms with E-state index in [2.05, 4.69) is 4.98 Å². The second-order valence-corrected chi connectivity index (χ2v) is 6.89. The van der Waals surface area contributed by atoms with Crippen LogP contribution >= 0.6 is 24.0 Å². The zero-order valence-electron chi connectivity index (χ0n) is 12.8. The van der Waals surface area contributed by atoms with E-state index in [1.165, 1.54) is 16.7 Å². The van der Waals surface area contributed by atoms with Crippen LogP contribution in [0.15, 0.2) is 53.7 Å². The molecule has 1 saturated heterocycles. The van der Waals surface area contributed by atoms with Crippen LogP contribution in [0, 0.1) is 0 Å². The van der Waals surface area contributed by atoms with E-state index in [-0.39, 0.29) is 5.91 Å². The number of rotatable bonds is 3. The maximum absolute atomic E-state index is 12.6. The maximum Gasteiger partial charge on any atom is 0.270 e. The van der Waals surface area contributed by atoms with Crippen LogP contribution in [0.25, 0.3) is 6.08 Å². The smallest absolute Gasteiger partial charge is 0.270 e. The molecule has 0 N–H and O–H groups in total. The van der Waals surface area contributed by atoms with Crippen molar-refractivity contribution in [2.75, 3.05) is 23.9 Å². The highest BCUT2D eigenvalue weighted by Crippen LogP contribution is 2.35. The molecule has 6 heteroatoms. The number of thiocarbonyl (C=S) groups is 1. The largest absolute Gasteiger partial charge is 0.378 e. The van der Waals surface area contributed by atoms with Crippen LogP contribution < -0.4 is 9.80 Å². The lowest BCUT2D eigenvalue weighted by Crippen LogP contribution is -2.27. The first-order chi connectivity index (χ1) is 11.1. The van der Waals surface area contributed by atoms with Gasteiger partial charge in [0.1, 0.15) is 0 Å². The summed E-state index contributed by atoms with van der Waals surface area (Å²) in [6.45, 7) is 0. The number of amides is 1. The van der Waals surface area contributed by atoms with Crippen molar-refractivity contribution in [1.82, 2.24) is 4.98 Å². The second kappa shape index (κ2) is 6.52. The third kappa shape index (κ3) is 3.28. The predicted molar refractivity (Wildman–Crippen MR) is 101 cm³/mol. The number of benzene rings is 1. The standard InChI is InChI=1S/C17H15N3OS2/c1-19(2)13-7-5-12(6-8-13)10-15-16(21)20(17(22)23-15)14-4-3-9-18-11-14/h3-11H,1-2H3. The molecule has 0 radical (unpaired) electrons. The average Bonchev–Trinajstić information content (AvgIpc) is 2.82. The first-order valence-corrected chi connectivity index (χ1v) is 8.24. The van der Waals surface area contributed by atoms with E-state index in [1.807, 2.05) is 55.4 Å². The van der Waals surface area contributed by atoms with Gasteiger partial charge in [-0.2, -0.15) is 0 Å². The molecule has 0 saturated carbocycles. The Hall–Kier alpha value is -2.18. The molecule has 3 rings (SSSR count). The van der Waals surface area contributed by atoms with Gasteiger partial charge in [0.2, 0.25) is 0 Å². The Morgan fingerprint density at radius 3 is 2.57 bits per heavy atom. The third-order valence-electron chi connectivity index (χ3n) is 3.41. The summed E-state index contributed by atoms with van der Waals surface area (Å²) >= 11 is 6.65. The molecular formula is C17H15N3OS2. The fourth-order valence-electron chi connectivity index (χ4n) is 2.20. The molecule has 0 atom stereocenters. The van der Waals surface area contributed by atoms with Gasteiger partial charge in [-0.3, -0.25) is 14.7 Å². The van der Waals surface area contributed by atoms with Crippen LogP contribution in [0.1, 0.15) is 5.56 Å². The maximum atomic E-state index is 12.6. The van der Waals surface area contributed by atoms with Gasteiger partial charge < -0.3 is 4.90 Å². The molecule has 1 aromatic heterocycles. The van der Waals surface area contributed by atoms with Crippen molar-refractivity contribution in [2.45, 2.75) is 0 Å². The van der Waals surface area contributed by atoms with Gasteiger partial charge in [-0.25, -0.2) is 0 Å². The van der Waals surface area contributed by atoms with Crippen molar-refractivity contribution in [1.29, 1.82) is 0 Å². The summed E-state index contributed by atoms with van der Waals surface area (Å²) in [5, 5.41) is 0. The summed E-state index contributed by atoms with van der Waals surface area (Å²) < 4.78 is 0.527. The first kappa shape index (κ1) is 15.7. The zero-order chi connectivity index (χ0) is 16.4. The molecular weight excluding hydrogens is 326 g/mol. The van der Waals surface area contributed by atoms with E-state index in [9.17, 15) is 4.79 Å². The highest BCUT2D eigenvalue weighted by atomic mass is 32.2. The molecule has 1 aliphatic rings. The van der Waals surface area contributed by atoms with Gasteiger partial charge in [-0.1, -0.05) is 36.1 Å². The van der Waals surface area contributed by atoms with E-state index in [0.29, 0.717) is 14.9 Å². The summed E-state index contributed by atoms with van der Waals surface area (Å²) in [7, 11) is 3.99. The summed E-state index contributed by atoms with van der Waals surface area (Å²) in [5.74, 6) is -0.107. The molecule has 2 heterocycles. The van der Waals surface area contributed by atoms with E-state index < -0.39 is 0 Å². The lowest BCUT2D eigenvalue weighted by Gasteiger charge is -2.13. The summed E-state index contributed by atoms with van der Waals surface area (Å²) in [6, 6.07) is 11.6. The number of thioether (sulfide) groups is 1. The predicted octanol–water partition coefficient (Wildman–Crippen LogP) is 3.55. The van der Waals surface area contributed by atoms with Gasteiger partial charge in [0, 0.05) is 26.0 Å². The van der Waals surface area contributed by atoms with E-state index in [4.69, 9.17) is 12.2 Å². The SMILES string of the molecule is CN(C)c1ccc(C=C2SC(=S)N(c3cccnc3)C2=O)cc1. The fourth-order valence-corrected chi connectivity index (χ4v) is 3.50. The lowest BCUT2D eigenvalue weighted by atomic mass is 10.2. The second-order valence-electron chi connectivity index (χ2n) is 5.21. The Morgan fingerprint density at radius 2 is 1.96 bits per heavy atom. The number of hydrogen-bond acceptors (Lipinski definition) is 5. The number of carbonyl (C=O) groups excluding carboxylic acids is 1. The lowest BCUT2D eigenvalue weighted by molar-refractivity contribution is -0.113. The molecule has 0 aliphatic carbocycles. The van der Waals surface area contributed by atoms with Gasteiger partial charge in [0.05, 0.1) is 16.8 Å². The van der Waals surface area contributed by atoms with Crippen LogP contribution in [-0.4, -0.2) is 29.3 Å². The Morgan fingerprint density at radius 1 is 1.22 bits per heavy atom. The number of pyridine rings is 1. The first-order valence-electron chi connectivity index (χ1n) is 7.01. The number of hydrogen-bond donors (Lipinski definition) is 0. The van der Waals surface area contributed by atoms with Crippen molar-refractivity contribution in [3.8, 4) is 0 Å². The van der Waals surface area contributed by atoms with E-state index >= 15 is 0 Å². The van der Waals surface area contributed by atoms with Crippen molar-refractivity contribution in [3.63, 3.8) is 0 Å². The Bertz CT molecular complexity index is 770. The molecule has 0 unspecified atom stereocenters. The number of aromatic nitrogens is 1. The van der Waals surface area contributed by atoms with Crippen LogP contribution in [0.4, 0.5) is 11.4 Å². The van der Waals surface area contributed by atoms with E-state index in [1.54, 1.807) is 18.5 Å². The fraction of sp³-hybridized carbons (Fsp3) is 0.118. The number of carbonyl (C=O) groups is 1. The molecule has 0 spiro atoms. The third-order valence-corrected chi connectivity index (χ3v) is 4.71. The van der Waals surface area contributed by atoms with Crippen molar-refractivity contribution < 1.29 is 4.79 Å². The van der Waals surface area contributed by atoms with Crippen LogP contribution in [-0.2, 0) is 4.79 Å². The molecule has 2 aromatic rings. The normalized spacial score (nSPS) is 16.3. The van der Waals surface area contributed by atoms with Crippen molar-refractivity contribution >= 4 is 51.7 Å².